The maximum absolute atomic E-state index is 12.5. The van der Waals surface area contributed by atoms with E-state index < -0.39 is 18.0 Å². The van der Waals surface area contributed by atoms with Crippen LogP contribution in [0.15, 0.2) is 48.5 Å². The third kappa shape index (κ3) is 7.21. The molecule has 0 radical (unpaired) electrons. The Bertz CT molecular complexity index is 883. The summed E-state index contributed by atoms with van der Waals surface area (Å²) in [4.78, 5) is 35.8. The maximum Gasteiger partial charge on any atom is 0.246 e. The van der Waals surface area contributed by atoms with E-state index in [-0.39, 0.29) is 30.4 Å². The number of aryl methyl sites for hydroxylation is 1. The van der Waals surface area contributed by atoms with Gasteiger partial charge < -0.3 is 27.2 Å². The molecule has 0 saturated heterocycles. The van der Waals surface area contributed by atoms with Crippen LogP contribution in [0, 0.1) is 0 Å². The first-order valence-corrected chi connectivity index (χ1v) is 9.77. The Morgan fingerprint density at radius 2 is 1.70 bits per heavy atom. The molecular weight excluding hydrogens is 384 g/mol. The van der Waals surface area contributed by atoms with Crippen LogP contribution in [0.4, 0.5) is 5.69 Å². The van der Waals surface area contributed by atoms with Crippen molar-refractivity contribution in [2.75, 3.05) is 5.32 Å². The first kappa shape index (κ1) is 22.9. The summed E-state index contributed by atoms with van der Waals surface area (Å²) in [6.45, 7) is 1.58. The third-order valence-corrected chi connectivity index (χ3v) is 4.63. The molecular formula is C22H28N4O4. The summed E-state index contributed by atoms with van der Waals surface area (Å²) >= 11 is 0. The monoisotopic (exact) mass is 412 g/mol. The molecule has 3 amide bonds. The molecule has 0 aromatic heterocycles. The number of hydrogen-bond donors (Lipinski definition) is 5. The van der Waals surface area contributed by atoms with E-state index in [0.29, 0.717) is 18.5 Å². The molecule has 2 aromatic rings. The Morgan fingerprint density at radius 1 is 1.03 bits per heavy atom. The van der Waals surface area contributed by atoms with Gasteiger partial charge in [-0.15, -0.1) is 0 Å². The number of nitrogens with two attached hydrogens (primary N) is 2. The van der Waals surface area contributed by atoms with Gasteiger partial charge >= 0.3 is 0 Å². The van der Waals surface area contributed by atoms with E-state index in [0.717, 1.165) is 11.1 Å². The number of hydrogen-bond acceptors (Lipinski definition) is 5. The van der Waals surface area contributed by atoms with Crippen molar-refractivity contribution in [2.24, 2.45) is 11.5 Å². The molecule has 0 aliphatic heterocycles. The number of anilines is 1. The molecule has 2 rings (SSSR count). The van der Waals surface area contributed by atoms with Gasteiger partial charge in [-0.05, 0) is 55.5 Å². The molecule has 160 valence electrons. The normalized spacial score (nSPS) is 12.6. The van der Waals surface area contributed by atoms with E-state index in [9.17, 15) is 19.5 Å². The number of rotatable bonds is 10. The van der Waals surface area contributed by atoms with Crippen LogP contribution >= 0.6 is 0 Å². The van der Waals surface area contributed by atoms with Gasteiger partial charge in [0, 0.05) is 12.1 Å². The maximum atomic E-state index is 12.5. The Hall–Kier alpha value is -3.39. The number of carbonyl (C=O) groups is 3. The van der Waals surface area contributed by atoms with E-state index in [1.165, 1.54) is 12.1 Å². The van der Waals surface area contributed by atoms with Gasteiger partial charge in [0.25, 0.3) is 0 Å². The minimum atomic E-state index is -0.828. The summed E-state index contributed by atoms with van der Waals surface area (Å²) < 4.78 is 0. The number of nitrogens with one attached hydrogen (secondary N) is 2. The topological polar surface area (TPSA) is 148 Å². The van der Waals surface area contributed by atoms with Gasteiger partial charge in [-0.2, -0.15) is 0 Å². The van der Waals surface area contributed by atoms with Gasteiger partial charge in [0.05, 0.1) is 6.04 Å². The van der Waals surface area contributed by atoms with E-state index >= 15 is 0 Å². The number of carbonyl (C=O) groups excluding carboxylic acids is 3. The van der Waals surface area contributed by atoms with Gasteiger partial charge in [0.15, 0.2) is 0 Å². The highest BCUT2D eigenvalue weighted by molar-refractivity contribution is 5.98. The first-order chi connectivity index (χ1) is 14.3. The Morgan fingerprint density at radius 3 is 2.37 bits per heavy atom. The highest BCUT2D eigenvalue weighted by Crippen LogP contribution is 2.18. The zero-order valence-corrected chi connectivity index (χ0v) is 16.9. The number of para-hydroxylation sites is 1. The number of aromatic hydroxyl groups is 1. The molecule has 8 nitrogen and oxygen atoms in total. The van der Waals surface area contributed by atoms with Crippen LogP contribution in [0.1, 0.15) is 30.9 Å². The quantitative estimate of drug-likeness (QED) is 0.398. The Balaban J connectivity index is 1.90. The van der Waals surface area contributed by atoms with E-state index in [2.05, 4.69) is 10.6 Å². The number of phenols is 1. The van der Waals surface area contributed by atoms with Crippen LogP contribution in [0.25, 0.3) is 0 Å². The zero-order valence-electron chi connectivity index (χ0n) is 16.9. The summed E-state index contributed by atoms with van der Waals surface area (Å²) in [5.74, 6) is -1.04. The highest BCUT2D eigenvalue weighted by Gasteiger charge is 2.21. The fraction of sp³-hybridized carbons (Fsp3) is 0.318. The van der Waals surface area contributed by atoms with E-state index in [1.807, 2.05) is 12.1 Å². The van der Waals surface area contributed by atoms with Gasteiger partial charge in [-0.1, -0.05) is 30.3 Å². The van der Waals surface area contributed by atoms with Crippen LogP contribution in [0.3, 0.4) is 0 Å². The van der Waals surface area contributed by atoms with Crippen molar-refractivity contribution in [3.05, 3.63) is 59.7 Å². The van der Waals surface area contributed by atoms with Gasteiger partial charge in [-0.3, -0.25) is 14.4 Å². The van der Waals surface area contributed by atoms with Gasteiger partial charge in [0.2, 0.25) is 17.7 Å². The summed E-state index contributed by atoms with van der Waals surface area (Å²) in [5.41, 5.74) is 13.4. The average molecular weight is 412 g/mol. The molecule has 0 fully saturated rings. The fourth-order valence-electron chi connectivity index (χ4n) is 2.92. The molecule has 30 heavy (non-hydrogen) atoms. The Labute approximate surface area is 175 Å². The molecule has 0 aliphatic carbocycles. The third-order valence-electron chi connectivity index (χ3n) is 4.63. The molecule has 0 unspecified atom stereocenters. The SMILES string of the molecule is C[C@@H](NC(=O)[C@@H](N)Cc1ccc(O)cc1)C(=O)Nc1ccccc1CCCC(N)=O. The average Bonchev–Trinajstić information content (AvgIpc) is 2.70. The number of phenolic OH excluding ortho intramolecular Hbond substituents is 1. The molecule has 0 saturated carbocycles. The fourth-order valence-corrected chi connectivity index (χ4v) is 2.92. The van der Waals surface area contributed by atoms with E-state index in [4.69, 9.17) is 11.5 Å². The summed E-state index contributed by atoms with van der Waals surface area (Å²) in [5, 5.41) is 14.7. The second-order valence-electron chi connectivity index (χ2n) is 7.17. The lowest BCUT2D eigenvalue weighted by atomic mass is 10.0. The lowest BCUT2D eigenvalue weighted by molar-refractivity contribution is -0.127. The predicted octanol–water partition coefficient (Wildman–Crippen LogP) is 1.21. The van der Waals surface area contributed by atoms with Crippen LogP contribution < -0.4 is 22.1 Å². The molecule has 7 N–H and O–H groups in total. The van der Waals surface area contributed by atoms with E-state index in [1.54, 1.807) is 31.2 Å². The predicted molar refractivity (Wildman–Crippen MR) is 115 cm³/mol. The molecule has 0 aliphatic rings. The van der Waals surface area contributed by atoms with Crippen molar-refractivity contribution < 1.29 is 19.5 Å². The van der Waals surface area contributed by atoms with Crippen molar-refractivity contribution >= 4 is 23.4 Å². The first-order valence-electron chi connectivity index (χ1n) is 9.77. The number of benzene rings is 2. The van der Waals surface area contributed by atoms with Crippen LogP contribution in [0.5, 0.6) is 5.75 Å². The molecule has 2 aromatic carbocycles. The minimum Gasteiger partial charge on any atom is -0.508 e. The van der Waals surface area contributed by atoms with Crippen molar-refractivity contribution in [1.29, 1.82) is 0 Å². The zero-order chi connectivity index (χ0) is 22.1. The van der Waals surface area contributed by atoms with Crippen molar-refractivity contribution in [3.63, 3.8) is 0 Å². The van der Waals surface area contributed by atoms with Gasteiger partial charge in [-0.25, -0.2) is 0 Å². The molecule has 0 heterocycles. The molecule has 2 atom stereocenters. The Kier molecular flexibility index (Phi) is 8.37. The molecule has 0 spiro atoms. The number of amides is 3. The second kappa shape index (κ2) is 11.0. The smallest absolute Gasteiger partial charge is 0.246 e. The summed E-state index contributed by atoms with van der Waals surface area (Å²) in [7, 11) is 0. The van der Waals surface area contributed by atoms with Crippen LogP contribution in [-0.4, -0.2) is 34.9 Å². The van der Waals surface area contributed by atoms with Crippen molar-refractivity contribution in [2.45, 2.75) is 44.7 Å². The summed E-state index contributed by atoms with van der Waals surface area (Å²) in [6.07, 6.45) is 1.73. The standard InChI is InChI=1S/C22H28N4O4/c1-14(25-22(30)18(23)13-15-9-11-17(27)12-10-15)21(29)26-19-7-3-2-5-16(19)6-4-8-20(24)28/h2-3,5,7,9-12,14,18,27H,4,6,8,13,23H2,1H3,(H2,24,28)(H,25,30)(H,26,29)/t14-,18+/m1/s1. The molecule has 0 bridgehead atoms. The van der Waals surface area contributed by atoms with Crippen molar-refractivity contribution in [3.8, 4) is 5.75 Å². The highest BCUT2D eigenvalue weighted by atomic mass is 16.3. The lowest BCUT2D eigenvalue weighted by Crippen LogP contribution is -2.49. The lowest BCUT2D eigenvalue weighted by Gasteiger charge is -2.18. The van der Waals surface area contributed by atoms with Crippen molar-refractivity contribution in [1.82, 2.24) is 5.32 Å². The van der Waals surface area contributed by atoms with Crippen LogP contribution in [0.2, 0.25) is 0 Å². The minimum absolute atomic E-state index is 0.136. The number of primary amides is 1. The van der Waals surface area contributed by atoms with Gasteiger partial charge in [0.1, 0.15) is 11.8 Å². The second-order valence-corrected chi connectivity index (χ2v) is 7.17. The van der Waals surface area contributed by atoms with Crippen LogP contribution in [-0.2, 0) is 27.2 Å². The largest absolute Gasteiger partial charge is 0.508 e. The molecule has 8 heteroatoms. The summed E-state index contributed by atoms with van der Waals surface area (Å²) in [6, 6.07) is 12.1.